The molecule has 3 aliphatic rings. The first-order valence-electron chi connectivity index (χ1n) is 7.98. The van der Waals surface area contributed by atoms with Crippen molar-refractivity contribution in [2.24, 2.45) is 11.8 Å². The van der Waals surface area contributed by atoms with Crippen LogP contribution in [0.2, 0.25) is 0 Å². The van der Waals surface area contributed by atoms with E-state index in [-0.39, 0.29) is 18.1 Å². The highest BCUT2D eigenvalue weighted by Gasteiger charge is 2.67. The minimum absolute atomic E-state index is 0.180. The highest BCUT2D eigenvalue weighted by molar-refractivity contribution is 6.24. The summed E-state index contributed by atoms with van der Waals surface area (Å²) in [4.78, 5) is 38.8. The van der Waals surface area contributed by atoms with Gasteiger partial charge >= 0.3 is 0 Å². The standard InChI is InChI=1S/C18H17NO6/c1-9(21)10-3-4-12(24-2)11(7-10)19-16(22)14-13-5-6-18(8-20,25-13)15(14)17(19)23/h3-7,13-15,20H,8H2,1-2H3/t13-,14?,15?,18-/m1/s1. The number of amides is 2. The summed E-state index contributed by atoms with van der Waals surface area (Å²) >= 11 is 0. The Bertz CT molecular complexity index is 831. The first-order chi connectivity index (χ1) is 11.9. The van der Waals surface area contributed by atoms with E-state index in [4.69, 9.17) is 9.47 Å². The smallest absolute Gasteiger partial charge is 0.241 e. The Morgan fingerprint density at radius 2 is 2.12 bits per heavy atom. The number of nitrogens with zero attached hydrogens (tertiary/aromatic N) is 1. The van der Waals surface area contributed by atoms with Crippen LogP contribution in [0, 0.1) is 11.8 Å². The minimum Gasteiger partial charge on any atom is -0.495 e. The molecule has 7 nitrogen and oxygen atoms in total. The summed E-state index contributed by atoms with van der Waals surface area (Å²) in [6, 6.07) is 4.63. The highest BCUT2D eigenvalue weighted by Crippen LogP contribution is 2.53. The number of aliphatic hydroxyl groups excluding tert-OH is 1. The van der Waals surface area contributed by atoms with Crippen molar-refractivity contribution >= 4 is 23.3 Å². The molecule has 1 aromatic carbocycles. The SMILES string of the molecule is COc1ccc(C(C)=O)cc1N1C(=O)C2C(C1=O)[C@]1(CO)C=C[C@H]2O1. The lowest BCUT2D eigenvalue weighted by Gasteiger charge is -2.26. The number of hydrogen-bond acceptors (Lipinski definition) is 6. The van der Waals surface area contributed by atoms with Gasteiger partial charge in [0.2, 0.25) is 11.8 Å². The molecule has 2 bridgehead atoms. The number of carbonyl (C=O) groups excluding carboxylic acids is 3. The van der Waals surface area contributed by atoms with Gasteiger partial charge in [-0.15, -0.1) is 0 Å². The first kappa shape index (κ1) is 16.0. The van der Waals surface area contributed by atoms with E-state index in [1.54, 1.807) is 24.3 Å². The van der Waals surface area contributed by atoms with Crippen LogP contribution >= 0.6 is 0 Å². The molecule has 0 spiro atoms. The predicted octanol–water partition coefficient (Wildman–Crippen LogP) is 0.703. The third-order valence-electron chi connectivity index (χ3n) is 5.23. The number of anilines is 1. The van der Waals surface area contributed by atoms with Gasteiger partial charge in [0.25, 0.3) is 0 Å². The molecule has 3 aliphatic heterocycles. The van der Waals surface area contributed by atoms with Crippen LogP contribution in [-0.4, -0.2) is 48.1 Å². The van der Waals surface area contributed by atoms with Gasteiger partial charge in [0.15, 0.2) is 5.78 Å². The number of hydrogen-bond donors (Lipinski definition) is 1. The zero-order valence-electron chi connectivity index (χ0n) is 13.8. The van der Waals surface area contributed by atoms with Crippen LogP contribution in [0.5, 0.6) is 5.75 Å². The lowest BCUT2D eigenvalue weighted by Crippen LogP contribution is -2.43. The fourth-order valence-electron chi connectivity index (χ4n) is 4.01. The van der Waals surface area contributed by atoms with Gasteiger partial charge in [-0.1, -0.05) is 12.2 Å². The van der Waals surface area contributed by atoms with Gasteiger partial charge in [-0.2, -0.15) is 0 Å². The number of rotatable bonds is 4. The number of ether oxygens (including phenoxy) is 2. The molecule has 7 heteroatoms. The number of ketones is 1. The van der Waals surface area contributed by atoms with E-state index < -0.39 is 35.4 Å². The summed E-state index contributed by atoms with van der Waals surface area (Å²) in [6.07, 6.45) is 2.85. The molecule has 1 aromatic rings. The van der Waals surface area contributed by atoms with Crippen molar-refractivity contribution in [1.82, 2.24) is 0 Å². The van der Waals surface area contributed by atoms with Crippen molar-refractivity contribution in [2.75, 3.05) is 18.6 Å². The number of aliphatic hydroxyl groups is 1. The van der Waals surface area contributed by atoms with Gasteiger partial charge in [-0.3, -0.25) is 14.4 Å². The largest absolute Gasteiger partial charge is 0.495 e. The molecule has 2 fully saturated rings. The maximum absolute atomic E-state index is 13.0. The lowest BCUT2D eigenvalue weighted by atomic mass is 9.77. The van der Waals surface area contributed by atoms with E-state index in [1.807, 2.05) is 0 Å². The first-order valence-corrected chi connectivity index (χ1v) is 7.98. The predicted molar refractivity (Wildman–Crippen MR) is 86.3 cm³/mol. The van der Waals surface area contributed by atoms with Crippen molar-refractivity contribution in [1.29, 1.82) is 0 Å². The Hall–Kier alpha value is -2.51. The lowest BCUT2D eigenvalue weighted by molar-refractivity contribution is -0.128. The molecule has 2 unspecified atom stereocenters. The molecule has 4 atom stereocenters. The average molecular weight is 343 g/mol. The summed E-state index contributed by atoms with van der Waals surface area (Å²) in [5.41, 5.74) is -0.530. The van der Waals surface area contributed by atoms with Crippen LogP contribution in [0.25, 0.3) is 0 Å². The Morgan fingerprint density at radius 3 is 2.76 bits per heavy atom. The molecule has 130 valence electrons. The second-order valence-electron chi connectivity index (χ2n) is 6.51. The van der Waals surface area contributed by atoms with Crippen LogP contribution in [0.4, 0.5) is 5.69 Å². The molecule has 2 amide bonds. The topological polar surface area (TPSA) is 93.1 Å². The van der Waals surface area contributed by atoms with E-state index in [0.29, 0.717) is 11.3 Å². The monoisotopic (exact) mass is 343 g/mol. The Morgan fingerprint density at radius 1 is 1.36 bits per heavy atom. The number of imide groups is 1. The number of methoxy groups -OCH3 is 1. The van der Waals surface area contributed by atoms with Crippen molar-refractivity contribution in [2.45, 2.75) is 18.6 Å². The quantitative estimate of drug-likeness (QED) is 0.491. The fourth-order valence-corrected chi connectivity index (χ4v) is 4.01. The van der Waals surface area contributed by atoms with Gasteiger partial charge in [0.1, 0.15) is 11.4 Å². The number of fused-ring (bicyclic) bond motifs is 5. The number of benzene rings is 1. The molecule has 3 heterocycles. The zero-order chi connectivity index (χ0) is 17.9. The summed E-state index contributed by atoms with van der Waals surface area (Å²) in [5, 5.41) is 9.74. The molecule has 25 heavy (non-hydrogen) atoms. The number of Topliss-reactive ketones (excluding diaryl/α,β-unsaturated/α-hetero) is 1. The average Bonchev–Trinajstić information content (AvgIpc) is 3.25. The van der Waals surface area contributed by atoms with Crippen LogP contribution in [-0.2, 0) is 14.3 Å². The third kappa shape index (κ3) is 1.96. The van der Waals surface area contributed by atoms with Gasteiger partial charge in [-0.25, -0.2) is 4.90 Å². The third-order valence-corrected chi connectivity index (χ3v) is 5.23. The van der Waals surface area contributed by atoms with E-state index in [2.05, 4.69) is 0 Å². The molecular formula is C18H17NO6. The van der Waals surface area contributed by atoms with Gasteiger partial charge in [-0.05, 0) is 25.1 Å². The molecule has 1 N–H and O–H groups in total. The molecular weight excluding hydrogens is 326 g/mol. The van der Waals surface area contributed by atoms with E-state index >= 15 is 0 Å². The number of carbonyl (C=O) groups is 3. The highest BCUT2D eigenvalue weighted by atomic mass is 16.5. The summed E-state index contributed by atoms with van der Waals surface area (Å²) in [7, 11) is 1.43. The van der Waals surface area contributed by atoms with Crippen LogP contribution in [0.3, 0.4) is 0 Å². The van der Waals surface area contributed by atoms with Crippen molar-refractivity contribution in [3.63, 3.8) is 0 Å². The Labute approximate surface area is 143 Å². The molecule has 0 aromatic heterocycles. The van der Waals surface area contributed by atoms with E-state index in [0.717, 1.165) is 4.90 Å². The summed E-state index contributed by atoms with van der Waals surface area (Å²) in [6.45, 7) is 1.03. The molecule has 0 radical (unpaired) electrons. The van der Waals surface area contributed by atoms with Crippen molar-refractivity contribution < 1.29 is 29.0 Å². The maximum Gasteiger partial charge on any atom is 0.241 e. The summed E-state index contributed by atoms with van der Waals surface area (Å²) in [5.74, 6) is -2.15. The van der Waals surface area contributed by atoms with E-state index in [9.17, 15) is 19.5 Å². The van der Waals surface area contributed by atoms with Gasteiger partial charge in [0.05, 0.1) is 37.3 Å². The van der Waals surface area contributed by atoms with Crippen LogP contribution in [0.15, 0.2) is 30.4 Å². The zero-order valence-corrected chi connectivity index (χ0v) is 13.8. The molecule has 4 rings (SSSR count). The van der Waals surface area contributed by atoms with Crippen molar-refractivity contribution in [3.05, 3.63) is 35.9 Å². The second-order valence-corrected chi connectivity index (χ2v) is 6.51. The normalized spacial score (nSPS) is 32.4. The Balaban J connectivity index is 1.81. The van der Waals surface area contributed by atoms with Crippen LogP contribution in [0.1, 0.15) is 17.3 Å². The van der Waals surface area contributed by atoms with Gasteiger partial charge in [0, 0.05) is 5.56 Å². The fraction of sp³-hybridized carbons (Fsp3) is 0.389. The minimum atomic E-state index is -1.15. The molecule has 0 saturated carbocycles. The molecule has 0 aliphatic carbocycles. The maximum atomic E-state index is 13.0. The van der Waals surface area contributed by atoms with Crippen LogP contribution < -0.4 is 9.64 Å². The van der Waals surface area contributed by atoms with Crippen molar-refractivity contribution in [3.8, 4) is 5.75 Å². The molecule has 2 saturated heterocycles. The van der Waals surface area contributed by atoms with E-state index in [1.165, 1.54) is 20.1 Å². The summed E-state index contributed by atoms with van der Waals surface area (Å²) < 4.78 is 11.0. The Kier molecular flexibility index (Phi) is 3.35. The second kappa shape index (κ2) is 5.24. The van der Waals surface area contributed by atoms with Gasteiger partial charge < -0.3 is 14.6 Å².